The molecule has 9 heteroatoms. The predicted octanol–water partition coefficient (Wildman–Crippen LogP) is 5.01. The Kier molecular flexibility index (Phi) is 6.15. The van der Waals surface area contributed by atoms with Crippen molar-refractivity contribution in [2.75, 3.05) is 12.4 Å². The third kappa shape index (κ3) is 4.95. The molecule has 0 bridgehead atoms. The van der Waals surface area contributed by atoms with Crippen LogP contribution in [0.3, 0.4) is 0 Å². The SMILES string of the molecule is Cc1nc(Cc2nnc(SCCOc3ccc(Cl)cc3Br)o2)cs1. The van der Waals surface area contributed by atoms with Gasteiger partial charge in [-0.05, 0) is 41.1 Å². The van der Waals surface area contributed by atoms with Gasteiger partial charge in [0.05, 0.1) is 28.2 Å². The van der Waals surface area contributed by atoms with Gasteiger partial charge in [-0.15, -0.1) is 21.5 Å². The molecule has 1 aromatic carbocycles. The minimum Gasteiger partial charge on any atom is -0.492 e. The Balaban J connectivity index is 1.45. The van der Waals surface area contributed by atoms with E-state index in [1.807, 2.05) is 18.4 Å². The summed E-state index contributed by atoms with van der Waals surface area (Å²) < 4.78 is 12.1. The molecule has 0 unspecified atom stereocenters. The molecule has 0 aliphatic rings. The smallest absolute Gasteiger partial charge is 0.276 e. The topological polar surface area (TPSA) is 61.0 Å². The van der Waals surface area contributed by atoms with Crippen molar-refractivity contribution < 1.29 is 9.15 Å². The first-order valence-electron chi connectivity index (χ1n) is 7.04. The van der Waals surface area contributed by atoms with E-state index in [9.17, 15) is 0 Å². The third-order valence-electron chi connectivity index (χ3n) is 2.91. The average Bonchev–Trinajstić information content (AvgIpc) is 3.15. The van der Waals surface area contributed by atoms with E-state index in [0.717, 1.165) is 20.9 Å². The lowest BCUT2D eigenvalue weighted by atomic mass is 10.3. The van der Waals surface area contributed by atoms with Crippen molar-refractivity contribution in [3.63, 3.8) is 0 Å². The number of rotatable bonds is 7. The summed E-state index contributed by atoms with van der Waals surface area (Å²) in [6.07, 6.45) is 0.562. The zero-order chi connectivity index (χ0) is 16.9. The van der Waals surface area contributed by atoms with Crippen molar-refractivity contribution in [2.24, 2.45) is 0 Å². The molecule has 0 radical (unpaired) electrons. The first-order chi connectivity index (χ1) is 11.6. The minimum atomic E-state index is 0.522. The van der Waals surface area contributed by atoms with Crippen LogP contribution in [0.25, 0.3) is 0 Å². The predicted molar refractivity (Wildman–Crippen MR) is 99.3 cm³/mol. The molecule has 0 spiro atoms. The Labute approximate surface area is 160 Å². The summed E-state index contributed by atoms with van der Waals surface area (Å²) in [5, 5.41) is 12.3. The van der Waals surface area contributed by atoms with Gasteiger partial charge in [-0.25, -0.2) is 4.98 Å². The molecule has 24 heavy (non-hydrogen) atoms. The van der Waals surface area contributed by atoms with Gasteiger partial charge in [0.25, 0.3) is 5.22 Å². The number of thioether (sulfide) groups is 1. The highest BCUT2D eigenvalue weighted by atomic mass is 79.9. The molecular weight excluding hydrogens is 434 g/mol. The first-order valence-corrected chi connectivity index (χ1v) is 10.1. The molecule has 126 valence electrons. The van der Waals surface area contributed by atoms with Crippen LogP contribution in [-0.2, 0) is 6.42 Å². The van der Waals surface area contributed by atoms with Gasteiger partial charge in [-0.2, -0.15) is 0 Å². The standard InChI is InChI=1S/C15H13BrClN3O2S2/c1-9-18-11(8-24-9)7-14-19-20-15(22-14)23-5-4-21-13-3-2-10(17)6-12(13)16/h2-3,6,8H,4-5,7H2,1H3. The lowest BCUT2D eigenvalue weighted by Gasteiger charge is -2.07. The van der Waals surface area contributed by atoms with Gasteiger partial charge in [0, 0.05) is 16.2 Å². The molecule has 0 amide bonds. The Morgan fingerprint density at radius 3 is 3.00 bits per heavy atom. The van der Waals surface area contributed by atoms with E-state index >= 15 is 0 Å². The van der Waals surface area contributed by atoms with E-state index in [4.69, 9.17) is 20.8 Å². The molecular formula is C15H13BrClN3O2S2. The molecule has 2 aromatic heterocycles. The van der Waals surface area contributed by atoms with Crippen LogP contribution < -0.4 is 4.74 Å². The molecule has 3 aromatic rings. The molecule has 0 fully saturated rings. The van der Waals surface area contributed by atoms with Gasteiger partial charge >= 0.3 is 0 Å². The maximum Gasteiger partial charge on any atom is 0.276 e. The van der Waals surface area contributed by atoms with E-state index in [1.54, 1.807) is 23.5 Å². The summed E-state index contributed by atoms with van der Waals surface area (Å²) in [6.45, 7) is 2.50. The van der Waals surface area contributed by atoms with E-state index < -0.39 is 0 Å². The molecule has 0 saturated heterocycles. The number of hydrogen-bond donors (Lipinski definition) is 0. The summed E-state index contributed by atoms with van der Waals surface area (Å²) in [7, 11) is 0. The molecule has 5 nitrogen and oxygen atoms in total. The Hall–Kier alpha value is -1.09. The molecule has 0 aliphatic carbocycles. The summed E-state index contributed by atoms with van der Waals surface area (Å²) in [6, 6.07) is 5.42. The van der Waals surface area contributed by atoms with Crippen LogP contribution in [0.5, 0.6) is 5.75 Å². The quantitative estimate of drug-likeness (QED) is 0.375. The highest BCUT2D eigenvalue weighted by Gasteiger charge is 2.10. The molecule has 0 N–H and O–H groups in total. The molecule has 0 aliphatic heterocycles. The minimum absolute atomic E-state index is 0.522. The zero-order valence-electron chi connectivity index (χ0n) is 12.7. The Morgan fingerprint density at radius 2 is 2.25 bits per heavy atom. The third-order valence-corrected chi connectivity index (χ3v) is 5.37. The van der Waals surface area contributed by atoms with Gasteiger partial charge in [0.15, 0.2) is 0 Å². The fourth-order valence-corrected chi connectivity index (χ4v) is 3.89. The van der Waals surface area contributed by atoms with Crippen LogP contribution in [0.1, 0.15) is 16.6 Å². The van der Waals surface area contributed by atoms with Crippen molar-refractivity contribution in [2.45, 2.75) is 18.6 Å². The number of benzene rings is 1. The van der Waals surface area contributed by atoms with Crippen LogP contribution in [-0.4, -0.2) is 27.5 Å². The molecule has 3 rings (SSSR count). The summed E-state index contributed by atoms with van der Waals surface area (Å²) >= 11 is 12.4. The van der Waals surface area contributed by atoms with Crippen LogP contribution in [0, 0.1) is 6.92 Å². The number of thiazole rings is 1. The average molecular weight is 447 g/mol. The van der Waals surface area contributed by atoms with Crippen LogP contribution >= 0.6 is 50.6 Å². The highest BCUT2D eigenvalue weighted by Crippen LogP contribution is 2.28. The fraction of sp³-hybridized carbons (Fsp3) is 0.267. The highest BCUT2D eigenvalue weighted by molar-refractivity contribution is 9.10. The largest absolute Gasteiger partial charge is 0.492 e. The van der Waals surface area contributed by atoms with Crippen LogP contribution in [0.4, 0.5) is 0 Å². The van der Waals surface area contributed by atoms with Gasteiger partial charge in [-0.1, -0.05) is 23.4 Å². The fourth-order valence-electron chi connectivity index (χ4n) is 1.89. The van der Waals surface area contributed by atoms with Crippen molar-refractivity contribution >= 4 is 50.6 Å². The number of aromatic nitrogens is 3. The second-order valence-electron chi connectivity index (χ2n) is 4.77. The summed E-state index contributed by atoms with van der Waals surface area (Å²) in [5.74, 6) is 2.03. The number of aryl methyl sites for hydroxylation is 1. The maximum absolute atomic E-state index is 5.90. The Bertz CT molecular complexity index is 825. The second kappa shape index (κ2) is 8.33. The monoisotopic (exact) mass is 445 g/mol. The second-order valence-corrected chi connectivity index (χ2v) is 8.17. The van der Waals surface area contributed by atoms with Gasteiger partial charge in [-0.3, -0.25) is 0 Å². The van der Waals surface area contributed by atoms with Gasteiger partial charge < -0.3 is 9.15 Å². The van der Waals surface area contributed by atoms with E-state index in [1.165, 1.54) is 11.8 Å². The lowest BCUT2D eigenvalue weighted by molar-refractivity contribution is 0.340. The number of halogens is 2. The van der Waals surface area contributed by atoms with Gasteiger partial charge in [0.1, 0.15) is 5.75 Å². The van der Waals surface area contributed by atoms with E-state index in [-0.39, 0.29) is 0 Å². The van der Waals surface area contributed by atoms with Crippen LogP contribution in [0.2, 0.25) is 5.02 Å². The van der Waals surface area contributed by atoms with Gasteiger partial charge in [0.2, 0.25) is 5.89 Å². The molecule has 0 saturated carbocycles. The zero-order valence-corrected chi connectivity index (χ0v) is 16.6. The van der Waals surface area contributed by atoms with E-state index in [2.05, 4.69) is 31.1 Å². The van der Waals surface area contributed by atoms with E-state index in [0.29, 0.717) is 34.9 Å². The Morgan fingerprint density at radius 1 is 1.38 bits per heavy atom. The maximum atomic E-state index is 5.90. The van der Waals surface area contributed by atoms with Crippen LogP contribution in [0.15, 0.2) is 37.7 Å². The van der Waals surface area contributed by atoms with Crippen molar-refractivity contribution in [3.8, 4) is 5.75 Å². The summed E-state index contributed by atoms with van der Waals surface area (Å²) in [4.78, 5) is 4.39. The first kappa shape index (κ1) is 17.7. The normalized spacial score (nSPS) is 11.0. The summed E-state index contributed by atoms with van der Waals surface area (Å²) in [5.41, 5.74) is 0.952. The van der Waals surface area contributed by atoms with Crippen molar-refractivity contribution in [3.05, 3.63) is 49.7 Å². The molecule has 0 atom stereocenters. The number of nitrogens with zero attached hydrogens (tertiary/aromatic N) is 3. The van der Waals surface area contributed by atoms with Crippen molar-refractivity contribution in [1.29, 1.82) is 0 Å². The number of hydrogen-bond acceptors (Lipinski definition) is 7. The lowest BCUT2D eigenvalue weighted by Crippen LogP contribution is -2.00. The number of ether oxygens (including phenoxy) is 1. The molecule has 2 heterocycles. The van der Waals surface area contributed by atoms with Crippen molar-refractivity contribution in [1.82, 2.24) is 15.2 Å².